The Kier molecular flexibility index (Phi) is 2.99. The summed E-state index contributed by atoms with van der Waals surface area (Å²) in [6, 6.07) is 6.12. The molecular weight excluding hydrogens is 206 g/mol. The normalized spacial score (nSPS) is 11.5. The number of fused-ring (bicyclic) bond motifs is 1. The van der Waals surface area contributed by atoms with Crippen molar-refractivity contribution in [3.05, 3.63) is 29.8 Å². The lowest BCUT2D eigenvalue weighted by Crippen LogP contribution is -1.94. The summed E-state index contributed by atoms with van der Waals surface area (Å²) in [7, 11) is 0. The van der Waals surface area contributed by atoms with E-state index in [-0.39, 0.29) is 0 Å². The van der Waals surface area contributed by atoms with Gasteiger partial charge < -0.3 is 11.5 Å². The van der Waals surface area contributed by atoms with Crippen molar-refractivity contribution >= 4 is 32.8 Å². The molecule has 0 saturated heterocycles. The zero-order valence-corrected chi connectivity index (χ0v) is 9.13. The lowest BCUT2D eigenvalue weighted by molar-refractivity contribution is 1.01. The number of nitrogens with two attached hydrogens (primary N) is 2. The predicted molar refractivity (Wildman–Crippen MR) is 66.7 cm³/mol. The molecule has 0 saturated carbocycles. The Morgan fingerprint density at radius 1 is 1.40 bits per heavy atom. The second-order valence-corrected chi connectivity index (χ2v) is 4.32. The summed E-state index contributed by atoms with van der Waals surface area (Å²) in [5.41, 5.74) is 13.2. The van der Waals surface area contributed by atoms with Gasteiger partial charge in [-0.05, 0) is 30.7 Å². The van der Waals surface area contributed by atoms with Crippen molar-refractivity contribution in [2.24, 2.45) is 5.73 Å². The highest BCUT2D eigenvalue weighted by Gasteiger charge is 1.99. The monoisotopic (exact) mass is 219 g/mol. The SMILES string of the molecule is NCCC=Cc1ccc2nc(N)sc2c1. The molecule has 4 N–H and O–H groups in total. The summed E-state index contributed by atoms with van der Waals surface area (Å²) in [6.07, 6.45) is 5.05. The van der Waals surface area contributed by atoms with Gasteiger partial charge in [0.15, 0.2) is 5.13 Å². The molecule has 15 heavy (non-hydrogen) atoms. The number of hydrogen-bond acceptors (Lipinski definition) is 4. The molecule has 2 aromatic rings. The minimum absolute atomic E-state index is 0.619. The summed E-state index contributed by atoms with van der Waals surface area (Å²) < 4.78 is 1.13. The fourth-order valence-corrected chi connectivity index (χ4v) is 2.16. The van der Waals surface area contributed by atoms with Crippen LogP contribution in [-0.4, -0.2) is 11.5 Å². The van der Waals surface area contributed by atoms with Gasteiger partial charge in [0, 0.05) is 0 Å². The summed E-state index contributed by atoms with van der Waals surface area (Å²) in [5, 5.41) is 0.619. The number of aromatic nitrogens is 1. The molecule has 2 rings (SSSR count). The van der Waals surface area contributed by atoms with E-state index in [1.165, 1.54) is 16.9 Å². The third-order valence-corrected chi connectivity index (χ3v) is 2.92. The zero-order chi connectivity index (χ0) is 10.7. The Morgan fingerprint density at radius 3 is 3.07 bits per heavy atom. The standard InChI is InChI=1S/C11H13N3S/c12-6-2-1-3-8-4-5-9-10(7-8)15-11(13)14-9/h1,3-5,7H,2,6,12H2,(H2,13,14). The van der Waals surface area contributed by atoms with Gasteiger partial charge in [-0.25, -0.2) is 4.98 Å². The number of thiazole rings is 1. The molecule has 1 aromatic carbocycles. The van der Waals surface area contributed by atoms with Gasteiger partial charge in [0.25, 0.3) is 0 Å². The van der Waals surface area contributed by atoms with Crippen LogP contribution in [0.3, 0.4) is 0 Å². The van der Waals surface area contributed by atoms with Gasteiger partial charge in [0.05, 0.1) is 10.2 Å². The average molecular weight is 219 g/mol. The molecule has 0 bridgehead atoms. The Labute approximate surface area is 92.4 Å². The zero-order valence-electron chi connectivity index (χ0n) is 8.31. The number of rotatable bonds is 3. The molecule has 0 atom stereocenters. The highest BCUT2D eigenvalue weighted by atomic mass is 32.1. The van der Waals surface area contributed by atoms with E-state index < -0.39 is 0 Å². The van der Waals surface area contributed by atoms with Gasteiger partial charge in [-0.15, -0.1) is 0 Å². The van der Waals surface area contributed by atoms with Gasteiger partial charge in [0.1, 0.15) is 0 Å². The summed E-state index contributed by atoms with van der Waals surface area (Å²) >= 11 is 1.51. The van der Waals surface area contributed by atoms with Gasteiger partial charge in [0.2, 0.25) is 0 Å². The van der Waals surface area contributed by atoms with Gasteiger partial charge in [-0.3, -0.25) is 0 Å². The van der Waals surface area contributed by atoms with Crippen LogP contribution < -0.4 is 11.5 Å². The molecule has 4 heteroatoms. The summed E-state index contributed by atoms with van der Waals surface area (Å²) in [4.78, 5) is 4.20. The summed E-state index contributed by atoms with van der Waals surface area (Å²) in [6.45, 7) is 0.687. The largest absolute Gasteiger partial charge is 0.375 e. The molecule has 0 aliphatic heterocycles. The van der Waals surface area contributed by atoms with Crippen molar-refractivity contribution in [2.45, 2.75) is 6.42 Å². The maximum absolute atomic E-state index is 5.64. The molecule has 0 radical (unpaired) electrons. The van der Waals surface area contributed by atoms with Crippen molar-refractivity contribution < 1.29 is 0 Å². The number of anilines is 1. The van der Waals surface area contributed by atoms with Crippen LogP contribution >= 0.6 is 11.3 Å². The van der Waals surface area contributed by atoms with E-state index >= 15 is 0 Å². The van der Waals surface area contributed by atoms with Crippen LogP contribution in [0.25, 0.3) is 16.3 Å². The van der Waals surface area contributed by atoms with Crippen LogP contribution in [0.4, 0.5) is 5.13 Å². The van der Waals surface area contributed by atoms with Crippen LogP contribution in [0.15, 0.2) is 24.3 Å². The average Bonchev–Trinajstić information content (AvgIpc) is 2.57. The summed E-state index contributed by atoms with van der Waals surface area (Å²) in [5.74, 6) is 0. The van der Waals surface area contributed by atoms with Gasteiger partial charge in [-0.1, -0.05) is 29.6 Å². The van der Waals surface area contributed by atoms with Crippen LogP contribution in [-0.2, 0) is 0 Å². The third-order valence-electron chi connectivity index (χ3n) is 2.07. The smallest absolute Gasteiger partial charge is 0.181 e. The van der Waals surface area contributed by atoms with Crippen molar-refractivity contribution in [1.82, 2.24) is 4.98 Å². The second-order valence-electron chi connectivity index (χ2n) is 3.26. The van der Waals surface area contributed by atoms with Crippen LogP contribution in [0, 0.1) is 0 Å². The first-order valence-corrected chi connectivity index (χ1v) is 5.64. The Morgan fingerprint density at radius 2 is 2.27 bits per heavy atom. The molecule has 0 unspecified atom stereocenters. The van der Waals surface area contributed by atoms with Crippen molar-refractivity contribution in [1.29, 1.82) is 0 Å². The quantitative estimate of drug-likeness (QED) is 0.832. The van der Waals surface area contributed by atoms with Gasteiger partial charge >= 0.3 is 0 Å². The molecule has 0 fully saturated rings. The van der Waals surface area contributed by atoms with Crippen LogP contribution in [0.1, 0.15) is 12.0 Å². The number of nitrogens with zero attached hydrogens (tertiary/aromatic N) is 1. The van der Waals surface area contributed by atoms with E-state index in [1.807, 2.05) is 12.1 Å². The molecule has 0 amide bonds. The molecule has 78 valence electrons. The Hall–Kier alpha value is -1.39. The molecule has 1 heterocycles. The first kappa shape index (κ1) is 10.1. The topological polar surface area (TPSA) is 64.9 Å². The molecular formula is C11H13N3S. The van der Waals surface area contributed by atoms with Crippen LogP contribution in [0.5, 0.6) is 0 Å². The minimum Gasteiger partial charge on any atom is -0.375 e. The maximum Gasteiger partial charge on any atom is 0.181 e. The second kappa shape index (κ2) is 4.42. The first-order valence-electron chi connectivity index (χ1n) is 4.82. The molecule has 1 aromatic heterocycles. The van der Waals surface area contributed by atoms with E-state index in [2.05, 4.69) is 23.2 Å². The fraction of sp³-hybridized carbons (Fsp3) is 0.182. The number of benzene rings is 1. The molecule has 3 nitrogen and oxygen atoms in total. The number of hydrogen-bond donors (Lipinski definition) is 2. The molecule has 0 aliphatic carbocycles. The molecule has 0 spiro atoms. The lowest BCUT2D eigenvalue weighted by atomic mass is 10.2. The molecule has 0 aliphatic rings. The van der Waals surface area contributed by atoms with E-state index in [1.54, 1.807) is 0 Å². The van der Waals surface area contributed by atoms with Crippen molar-refractivity contribution in [3.8, 4) is 0 Å². The highest BCUT2D eigenvalue weighted by molar-refractivity contribution is 7.22. The highest BCUT2D eigenvalue weighted by Crippen LogP contribution is 2.24. The Balaban J connectivity index is 2.30. The fourth-order valence-electron chi connectivity index (χ4n) is 1.38. The minimum atomic E-state index is 0.619. The lowest BCUT2D eigenvalue weighted by Gasteiger charge is -1.92. The Bertz CT molecular complexity index is 488. The van der Waals surface area contributed by atoms with Crippen molar-refractivity contribution in [2.75, 3.05) is 12.3 Å². The maximum atomic E-state index is 5.64. The first-order chi connectivity index (χ1) is 7.29. The van der Waals surface area contributed by atoms with Gasteiger partial charge in [-0.2, -0.15) is 0 Å². The predicted octanol–water partition coefficient (Wildman–Crippen LogP) is 2.24. The van der Waals surface area contributed by atoms with E-state index in [0.717, 1.165) is 16.6 Å². The van der Waals surface area contributed by atoms with E-state index in [0.29, 0.717) is 11.7 Å². The van der Waals surface area contributed by atoms with E-state index in [4.69, 9.17) is 11.5 Å². The van der Waals surface area contributed by atoms with Crippen molar-refractivity contribution in [3.63, 3.8) is 0 Å². The van der Waals surface area contributed by atoms with Crippen LogP contribution in [0.2, 0.25) is 0 Å². The number of nitrogen functional groups attached to an aromatic ring is 1. The third kappa shape index (κ3) is 2.34. The van der Waals surface area contributed by atoms with E-state index in [9.17, 15) is 0 Å².